The second-order valence-electron chi connectivity index (χ2n) is 5.22. The molecule has 0 spiro atoms. The molecule has 0 unspecified atom stereocenters. The van der Waals surface area contributed by atoms with Gasteiger partial charge in [-0.25, -0.2) is 4.79 Å². The molecule has 0 saturated heterocycles. The number of nitrogens with one attached hydrogen (secondary N) is 3. The van der Waals surface area contributed by atoms with Gasteiger partial charge >= 0.3 is 6.03 Å². The van der Waals surface area contributed by atoms with Crippen LogP contribution in [0.4, 0.5) is 16.2 Å². The zero-order valence-electron chi connectivity index (χ0n) is 13.6. The third-order valence-corrected chi connectivity index (χ3v) is 3.25. The van der Waals surface area contributed by atoms with Crippen molar-refractivity contribution in [3.8, 4) is 12.3 Å². The maximum Gasteiger partial charge on any atom is 0.319 e. The Morgan fingerprint density at radius 2 is 1.68 bits per heavy atom. The van der Waals surface area contributed by atoms with E-state index in [0.29, 0.717) is 22.5 Å². The van der Waals surface area contributed by atoms with Gasteiger partial charge in [0, 0.05) is 22.5 Å². The third-order valence-electron chi connectivity index (χ3n) is 3.25. The Morgan fingerprint density at radius 3 is 2.36 bits per heavy atom. The van der Waals surface area contributed by atoms with Gasteiger partial charge in [0.2, 0.25) is 5.91 Å². The zero-order valence-corrected chi connectivity index (χ0v) is 13.6. The molecule has 0 aliphatic rings. The lowest BCUT2D eigenvalue weighted by Crippen LogP contribution is -2.35. The Kier molecular flexibility index (Phi) is 5.91. The van der Waals surface area contributed by atoms with Gasteiger partial charge in [0.05, 0.1) is 6.54 Å². The minimum absolute atomic E-state index is 0.0994. The molecular formula is C19H17N3O3. The highest BCUT2D eigenvalue weighted by molar-refractivity contribution is 5.98. The molecule has 126 valence electrons. The van der Waals surface area contributed by atoms with Gasteiger partial charge in [-0.1, -0.05) is 24.1 Å². The van der Waals surface area contributed by atoms with Crippen molar-refractivity contribution in [1.82, 2.24) is 5.32 Å². The van der Waals surface area contributed by atoms with Crippen LogP contribution in [0.3, 0.4) is 0 Å². The average molecular weight is 335 g/mol. The molecule has 0 aliphatic heterocycles. The van der Waals surface area contributed by atoms with E-state index in [2.05, 4.69) is 21.9 Å². The van der Waals surface area contributed by atoms with E-state index in [-0.39, 0.29) is 18.2 Å². The summed E-state index contributed by atoms with van der Waals surface area (Å²) in [5.74, 6) is 1.99. The predicted octanol–water partition coefficient (Wildman–Crippen LogP) is 2.63. The fraction of sp³-hybridized carbons (Fsp3) is 0.105. The number of ketones is 1. The first-order valence-corrected chi connectivity index (χ1v) is 7.50. The molecule has 6 nitrogen and oxygen atoms in total. The summed E-state index contributed by atoms with van der Waals surface area (Å²) in [6.07, 6.45) is 5.30. The quantitative estimate of drug-likeness (QED) is 0.580. The third kappa shape index (κ3) is 5.52. The second-order valence-corrected chi connectivity index (χ2v) is 5.22. The summed E-state index contributed by atoms with van der Waals surface area (Å²) in [5, 5.41) is 7.65. The van der Waals surface area contributed by atoms with Crippen LogP contribution in [-0.4, -0.2) is 24.3 Å². The highest BCUT2D eigenvalue weighted by Crippen LogP contribution is 2.11. The molecule has 0 aliphatic carbocycles. The molecule has 0 fully saturated rings. The van der Waals surface area contributed by atoms with Gasteiger partial charge in [0.25, 0.3) is 0 Å². The van der Waals surface area contributed by atoms with Crippen LogP contribution in [0.15, 0.2) is 48.5 Å². The van der Waals surface area contributed by atoms with E-state index in [4.69, 9.17) is 6.42 Å². The van der Waals surface area contributed by atoms with Crippen molar-refractivity contribution in [1.29, 1.82) is 0 Å². The molecule has 3 N–H and O–H groups in total. The lowest BCUT2D eigenvalue weighted by Gasteiger charge is -2.09. The molecule has 0 saturated carbocycles. The Labute approximate surface area is 145 Å². The first-order valence-electron chi connectivity index (χ1n) is 7.50. The molecule has 0 aromatic heterocycles. The number of urea groups is 1. The van der Waals surface area contributed by atoms with E-state index < -0.39 is 6.03 Å². The molecular weight excluding hydrogens is 318 g/mol. The van der Waals surface area contributed by atoms with Gasteiger partial charge in [0.15, 0.2) is 5.78 Å². The van der Waals surface area contributed by atoms with Gasteiger partial charge in [-0.05, 0) is 37.3 Å². The number of hydrogen-bond donors (Lipinski definition) is 3. The fourth-order valence-electron chi connectivity index (χ4n) is 2.04. The summed E-state index contributed by atoms with van der Waals surface area (Å²) in [4.78, 5) is 35.0. The monoisotopic (exact) mass is 335 g/mol. The van der Waals surface area contributed by atoms with Gasteiger partial charge in [-0.15, -0.1) is 6.42 Å². The van der Waals surface area contributed by atoms with Crippen LogP contribution in [0.25, 0.3) is 0 Å². The number of benzene rings is 2. The van der Waals surface area contributed by atoms with Crippen LogP contribution in [0, 0.1) is 12.3 Å². The number of carbonyl (C=O) groups excluding carboxylic acids is 3. The van der Waals surface area contributed by atoms with Crippen molar-refractivity contribution in [2.24, 2.45) is 0 Å². The van der Waals surface area contributed by atoms with Gasteiger partial charge in [0.1, 0.15) is 0 Å². The number of anilines is 2. The highest BCUT2D eigenvalue weighted by atomic mass is 16.2. The first-order chi connectivity index (χ1) is 12.0. The van der Waals surface area contributed by atoms with E-state index in [1.54, 1.807) is 48.5 Å². The summed E-state index contributed by atoms with van der Waals surface area (Å²) < 4.78 is 0. The van der Waals surface area contributed by atoms with Crippen molar-refractivity contribution in [2.75, 3.05) is 17.2 Å². The van der Waals surface area contributed by atoms with Crippen LogP contribution in [-0.2, 0) is 4.79 Å². The molecule has 25 heavy (non-hydrogen) atoms. The Balaban J connectivity index is 1.85. The normalized spacial score (nSPS) is 9.60. The lowest BCUT2D eigenvalue weighted by atomic mass is 10.1. The van der Waals surface area contributed by atoms with Gasteiger partial charge < -0.3 is 16.0 Å². The summed E-state index contributed by atoms with van der Waals surface area (Å²) >= 11 is 0. The fourth-order valence-corrected chi connectivity index (χ4v) is 2.04. The Hall–Kier alpha value is -3.59. The maximum absolute atomic E-state index is 11.9. The van der Waals surface area contributed by atoms with Crippen LogP contribution in [0.1, 0.15) is 22.8 Å². The number of amides is 3. The molecule has 2 rings (SSSR count). The molecule has 0 heterocycles. The molecule has 3 amide bonds. The SMILES string of the molecule is C#Cc1cccc(NC(=O)CNC(=O)Nc2cccc(C(C)=O)c2)c1. The predicted molar refractivity (Wildman–Crippen MR) is 96.5 cm³/mol. The highest BCUT2D eigenvalue weighted by Gasteiger charge is 2.07. The van der Waals surface area contributed by atoms with Crippen LogP contribution in [0.5, 0.6) is 0 Å². The van der Waals surface area contributed by atoms with Crippen molar-refractivity contribution in [2.45, 2.75) is 6.92 Å². The van der Waals surface area contributed by atoms with Crippen molar-refractivity contribution in [3.63, 3.8) is 0 Å². The van der Waals surface area contributed by atoms with Crippen molar-refractivity contribution >= 4 is 29.1 Å². The van der Waals surface area contributed by atoms with Crippen LogP contribution < -0.4 is 16.0 Å². The first kappa shape index (κ1) is 17.8. The van der Waals surface area contributed by atoms with E-state index in [1.807, 2.05) is 0 Å². The topological polar surface area (TPSA) is 87.3 Å². The Morgan fingerprint density at radius 1 is 1.00 bits per heavy atom. The smallest absolute Gasteiger partial charge is 0.319 e. The van der Waals surface area contributed by atoms with Gasteiger partial charge in [-0.2, -0.15) is 0 Å². The van der Waals surface area contributed by atoms with E-state index in [0.717, 1.165) is 0 Å². The standard InChI is InChI=1S/C19H17N3O3/c1-3-14-6-4-8-16(10-14)21-18(24)12-20-19(25)22-17-9-5-7-15(11-17)13(2)23/h1,4-11H,12H2,2H3,(H,21,24)(H2,20,22,25). The lowest BCUT2D eigenvalue weighted by molar-refractivity contribution is -0.115. The van der Waals surface area contributed by atoms with E-state index >= 15 is 0 Å². The summed E-state index contributed by atoms with van der Waals surface area (Å²) in [7, 11) is 0. The van der Waals surface area contributed by atoms with Crippen molar-refractivity contribution < 1.29 is 14.4 Å². The molecule has 2 aromatic carbocycles. The van der Waals surface area contributed by atoms with E-state index in [9.17, 15) is 14.4 Å². The maximum atomic E-state index is 11.9. The second kappa shape index (κ2) is 8.31. The molecule has 0 atom stereocenters. The van der Waals surface area contributed by atoms with E-state index in [1.165, 1.54) is 6.92 Å². The molecule has 0 radical (unpaired) electrons. The van der Waals surface area contributed by atoms with Gasteiger partial charge in [-0.3, -0.25) is 9.59 Å². The largest absolute Gasteiger partial charge is 0.329 e. The zero-order chi connectivity index (χ0) is 18.2. The van der Waals surface area contributed by atoms with Crippen molar-refractivity contribution in [3.05, 3.63) is 59.7 Å². The number of Topliss-reactive ketones (excluding diaryl/α,β-unsaturated/α-hetero) is 1. The number of carbonyl (C=O) groups is 3. The average Bonchev–Trinajstić information content (AvgIpc) is 2.60. The summed E-state index contributed by atoms with van der Waals surface area (Å²) in [5.41, 5.74) is 2.15. The summed E-state index contributed by atoms with van der Waals surface area (Å²) in [6.45, 7) is 1.23. The molecule has 0 bridgehead atoms. The summed E-state index contributed by atoms with van der Waals surface area (Å²) in [6, 6.07) is 12.8. The Bertz CT molecular complexity index is 853. The number of rotatable bonds is 5. The van der Waals surface area contributed by atoms with Crippen LogP contribution in [0.2, 0.25) is 0 Å². The molecule has 6 heteroatoms. The molecule has 2 aromatic rings. The minimum atomic E-state index is -0.548. The number of terminal acetylenes is 1. The minimum Gasteiger partial charge on any atom is -0.329 e. The number of hydrogen-bond acceptors (Lipinski definition) is 3. The van der Waals surface area contributed by atoms with Crippen LogP contribution >= 0.6 is 0 Å².